The van der Waals surface area contributed by atoms with E-state index in [1.54, 1.807) is 23.9 Å². The Morgan fingerprint density at radius 2 is 1.80 bits per heavy atom. The lowest BCUT2D eigenvalue weighted by molar-refractivity contribution is -0.134. The Bertz CT molecular complexity index is 2000. The van der Waals surface area contributed by atoms with Crippen LogP contribution >= 0.6 is 0 Å². The molecule has 51 heavy (non-hydrogen) atoms. The number of imide groups is 1. The van der Waals surface area contributed by atoms with Gasteiger partial charge in [0.1, 0.15) is 17.2 Å². The Kier molecular flexibility index (Phi) is 10.1. The lowest BCUT2D eigenvalue weighted by atomic mass is 9.89. The van der Waals surface area contributed by atoms with Gasteiger partial charge in [0.2, 0.25) is 17.8 Å². The van der Waals surface area contributed by atoms with E-state index in [1.165, 1.54) is 6.92 Å². The summed E-state index contributed by atoms with van der Waals surface area (Å²) in [4.78, 5) is 66.0. The second kappa shape index (κ2) is 15.0. The molecule has 2 aliphatic heterocycles. The van der Waals surface area contributed by atoms with E-state index in [4.69, 9.17) is 9.72 Å². The molecule has 1 unspecified atom stereocenters. The van der Waals surface area contributed by atoms with Crippen molar-refractivity contribution in [3.63, 3.8) is 0 Å². The standard InChI is InChI=1S/C39H45N7O5/c1-24-32-23-41-39(44-36(32)46(28-9-3-4-10-28)38(50)35(24)25(2)47)42-33-14-12-30(22-40-33)51-20-6-7-26-16-18-45(19-17-26)29-11-5-8-27(21-29)31-13-15-34(48)43-37(31)49/h5,8,11-12,14,21-23,26,28,31H,3-4,6-7,9-10,13,15-20H2,1-2H3,(H,43,48,49)(H,40,41,42,44). The first-order valence-corrected chi connectivity index (χ1v) is 18.2. The van der Waals surface area contributed by atoms with Crippen LogP contribution in [0.2, 0.25) is 0 Å². The molecule has 2 amide bonds. The van der Waals surface area contributed by atoms with E-state index in [-0.39, 0.29) is 40.7 Å². The number of Topliss-reactive ketones (excluding diaryl/α,β-unsaturated/α-hetero) is 1. The predicted molar refractivity (Wildman–Crippen MR) is 195 cm³/mol. The summed E-state index contributed by atoms with van der Waals surface area (Å²) < 4.78 is 7.72. The van der Waals surface area contributed by atoms with E-state index in [9.17, 15) is 19.2 Å². The average Bonchev–Trinajstić information content (AvgIpc) is 3.66. The zero-order valence-electron chi connectivity index (χ0n) is 29.3. The first-order chi connectivity index (χ1) is 24.7. The lowest BCUT2D eigenvalue weighted by Crippen LogP contribution is -2.39. The third kappa shape index (κ3) is 7.50. The summed E-state index contributed by atoms with van der Waals surface area (Å²) in [6.45, 7) is 5.78. The van der Waals surface area contributed by atoms with E-state index in [0.717, 1.165) is 75.7 Å². The summed E-state index contributed by atoms with van der Waals surface area (Å²) in [6.07, 6.45) is 12.4. The highest BCUT2D eigenvalue weighted by Crippen LogP contribution is 2.33. The maximum Gasteiger partial charge on any atom is 0.263 e. The van der Waals surface area contributed by atoms with Gasteiger partial charge in [-0.2, -0.15) is 4.98 Å². The van der Waals surface area contributed by atoms with Gasteiger partial charge in [-0.15, -0.1) is 0 Å². The number of aromatic nitrogens is 4. The largest absolute Gasteiger partial charge is 0.492 e. The Hall–Kier alpha value is -5.13. The number of pyridine rings is 2. The minimum Gasteiger partial charge on any atom is -0.492 e. The Morgan fingerprint density at radius 1 is 1.00 bits per heavy atom. The van der Waals surface area contributed by atoms with Crippen molar-refractivity contribution in [3.05, 3.63) is 75.8 Å². The maximum atomic E-state index is 13.5. The molecule has 3 aliphatic rings. The number of carbonyl (C=O) groups excluding carboxylic acids is 3. The van der Waals surface area contributed by atoms with Gasteiger partial charge in [0.05, 0.1) is 24.3 Å². The van der Waals surface area contributed by atoms with Crippen molar-refractivity contribution < 1.29 is 19.1 Å². The summed E-state index contributed by atoms with van der Waals surface area (Å²) in [7, 11) is 0. The molecule has 3 fully saturated rings. The van der Waals surface area contributed by atoms with Crippen LogP contribution < -0.4 is 25.8 Å². The smallest absolute Gasteiger partial charge is 0.263 e. The minimum absolute atomic E-state index is 0.0140. The van der Waals surface area contributed by atoms with Gasteiger partial charge in [-0.3, -0.25) is 29.1 Å². The molecule has 5 heterocycles. The molecule has 3 aromatic heterocycles. The number of carbonyl (C=O) groups is 3. The van der Waals surface area contributed by atoms with Crippen molar-refractivity contribution in [2.45, 2.75) is 90.0 Å². The number of rotatable bonds is 11. The van der Waals surface area contributed by atoms with Crippen LogP contribution in [0.5, 0.6) is 5.75 Å². The van der Waals surface area contributed by atoms with E-state index in [1.807, 2.05) is 24.3 Å². The zero-order chi connectivity index (χ0) is 35.5. The van der Waals surface area contributed by atoms with Crippen LogP contribution in [0, 0.1) is 12.8 Å². The molecule has 2 saturated heterocycles. The number of nitrogens with one attached hydrogen (secondary N) is 2. The quantitative estimate of drug-likeness (QED) is 0.107. The van der Waals surface area contributed by atoms with Crippen LogP contribution in [0.1, 0.15) is 105 Å². The molecular weight excluding hydrogens is 646 g/mol. The number of hydrogen-bond acceptors (Lipinski definition) is 10. The van der Waals surface area contributed by atoms with Crippen LogP contribution in [0.15, 0.2) is 53.6 Å². The molecule has 1 saturated carbocycles. The van der Waals surface area contributed by atoms with Crippen molar-refractivity contribution in [2.24, 2.45) is 5.92 Å². The Balaban J connectivity index is 0.898. The second-order valence-corrected chi connectivity index (χ2v) is 14.1. The van der Waals surface area contributed by atoms with Crippen molar-refractivity contribution >= 4 is 46.1 Å². The van der Waals surface area contributed by atoms with Gasteiger partial charge >= 0.3 is 0 Å². The summed E-state index contributed by atoms with van der Waals surface area (Å²) in [6, 6.07) is 11.9. The van der Waals surface area contributed by atoms with Gasteiger partial charge in [-0.05, 0) is 100 Å². The van der Waals surface area contributed by atoms with Crippen molar-refractivity contribution in [1.29, 1.82) is 0 Å². The third-order valence-corrected chi connectivity index (χ3v) is 10.7. The number of hydrogen-bond donors (Lipinski definition) is 2. The molecule has 0 bridgehead atoms. The topological polar surface area (TPSA) is 148 Å². The number of amides is 2. The number of fused-ring (bicyclic) bond motifs is 1. The third-order valence-electron chi connectivity index (χ3n) is 10.7. The molecule has 0 spiro atoms. The summed E-state index contributed by atoms with van der Waals surface area (Å²) in [5.41, 5.74) is 3.21. The number of benzene rings is 1. The van der Waals surface area contributed by atoms with Crippen molar-refractivity contribution in [3.8, 4) is 5.75 Å². The number of aryl methyl sites for hydroxylation is 1. The molecule has 0 radical (unpaired) electrons. The fourth-order valence-electron chi connectivity index (χ4n) is 7.95. The molecule has 12 heteroatoms. The van der Waals surface area contributed by atoms with Gasteiger partial charge in [0.25, 0.3) is 5.56 Å². The van der Waals surface area contributed by atoms with Crippen LogP contribution in [0.4, 0.5) is 17.5 Å². The van der Waals surface area contributed by atoms with E-state index >= 15 is 0 Å². The average molecular weight is 692 g/mol. The Labute approximate surface area is 297 Å². The van der Waals surface area contributed by atoms with Crippen LogP contribution in [0.25, 0.3) is 11.0 Å². The maximum absolute atomic E-state index is 13.5. The molecule has 1 aromatic carbocycles. The highest BCUT2D eigenvalue weighted by Gasteiger charge is 2.29. The second-order valence-electron chi connectivity index (χ2n) is 14.1. The molecule has 1 atom stereocenters. The van der Waals surface area contributed by atoms with Crippen LogP contribution in [0.3, 0.4) is 0 Å². The molecule has 7 rings (SSSR count). The Morgan fingerprint density at radius 3 is 2.53 bits per heavy atom. The molecule has 12 nitrogen and oxygen atoms in total. The highest BCUT2D eigenvalue weighted by molar-refractivity contribution is 6.01. The number of ether oxygens (including phenoxy) is 1. The van der Waals surface area contributed by atoms with E-state index in [0.29, 0.717) is 59.5 Å². The SMILES string of the molecule is CC(=O)c1c(C)c2cnc(Nc3ccc(OCCCC4CCN(c5cccc(C6CCC(=O)NC6=O)c5)CC4)cn3)nc2n(C2CCCC2)c1=O. The van der Waals surface area contributed by atoms with Crippen LogP contribution in [-0.4, -0.2) is 56.8 Å². The monoisotopic (exact) mass is 691 g/mol. The first kappa shape index (κ1) is 34.3. The number of nitrogens with zero attached hydrogens (tertiary/aromatic N) is 5. The predicted octanol–water partition coefficient (Wildman–Crippen LogP) is 6.15. The number of anilines is 3. The molecular formula is C39H45N7O5. The van der Waals surface area contributed by atoms with Gasteiger partial charge in [-0.25, -0.2) is 9.97 Å². The fraction of sp³-hybridized carbons (Fsp3) is 0.462. The highest BCUT2D eigenvalue weighted by atomic mass is 16.5. The molecule has 266 valence electrons. The van der Waals surface area contributed by atoms with Gasteiger partial charge in [-0.1, -0.05) is 25.0 Å². The fourth-order valence-corrected chi connectivity index (χ4v) is 7.95. The number of ketones is 1. The summed E-state index contributed by atoms with van der Waals surface area (Å²) >= 11 is 0. The van der Waals surface area contributed by atoms with Gasteiger partial charge in [0, 0.05) is 42.8 Å². The van der Waals surface area contributed by atoms with Crippen LogP contribution in [-0.2, 0) is 9.59 Å². The van der Waals surface area contributed by atoms with Gasteiger partial charge < -0.3 is 15.0 Å². The lowest BCUT2D eigenvalue weighted by Gasteiger charge is -2.34. The van der Waals surface area contributed by atoms with Gasteiger partial charge in [0.15, 0.2) is 5.78 Å². The van der Waals surface area contributed by atoms with E-state index in [2.05, 4.69) is 37.6 Å². The zero-order valence-corrected chi connectivity index (χ0v) is 29.3. The number of piperidine rings is 2. The molecule has 2 N–H and O–H groups in total. The van der Waals surface area contributed by atoms with Crippen molar-refractivity contribution in [1.82, 2.24) is 24.8 Å². The normalized spacial score (nSPS) is 18.6. The summed E-state index contributed by atoms with van der Waals surface area (Å²) in [5.74, 6) is 1.32. The van der Waals surface area contributed by atoms with Crippen molar-refractivity contribution in [2.75, 3.05) is 29.9 Å². The first-order valence-electron chi connectivity index (χ1n) is 18.2. The van der Waals surface area contributed by atoms with E-state index < -0.39 is 0 Å². The molecule has 4 aromatic rings. The molecule has 1 aliphatic carbocycles. The minimum atomic E-state index is -0.275. The summed E-state index contributed by atoms with van der Waals surface area (Å²) in [5, 5.41) is 6.34.